The van der Waals surface area contributed by atoms with Crippen LogP contribution in [0.25, 0.3) is 0 Å². The summed E-state index contributed by atoms with van der Waals surface area (Å²) in [5.41, 5.74) is 0.992. The molecule has 1 aromatic rings. The molecule has 0 heterocycles. The Morgan fingerprint density at radius 1 is 1.47 bits per heavy atom. The molecule has 0 aliphatic rings. The van der Waals surface area contributed by atoms with Crippen molar-refractivity contribution in [1.82, 2.24) is 0 Å². The van der Waals surface area contributed by atoms with Crippen LogP contribution in [0.1, 0.15) is 18.9 Å². The van der Waals surface area contributed by atoms with E-state index in [2.05, 4.69) is 22.9 Å². The molecule has 0 bridgehead atoms. The number of thioether (sulfide) groups is 1. The van der Waals surface area contributed by atoms with Crippen LogP contribution < -0.4 is 4.74 Å². The lowest BCUT2D eigenvalue weighted by Crippen LogP contribution is -2.06. The van der Waals surface area contributed by atoms with Gasteiger partial charge in [0.05, 0.1) is 12.9 Å². The minimum Gasteiger partial charge on any atom is -0.497 e. The van der Waals surface area contributed by atoms with Crippen LogP contribution in [-0.2, 0) is 11.2 Å². The fraction of sp³-hybridized carbons (Fsp3) is 0.462. The summed E-state index contributed by atoms with van der Waals surface area (Å²) < 4.78 is 6.12. The van der Waals surface area contributed by atoms with Gasteiger partial charge in [0, 0.05) is 10.9 Å². The largest absolute Gasteiger partial charge is 0.497 e. The van der Waals surface area contributed by atoms with Gasteiger partial charge < -0.3 is 4.74 Å². The molecule has 0 fully saturated rings. The van der Waals surface area contributed by atoms with Crippen LogP contribution in [0.4, 0.5) is 0 Å². The molecule has 0 saturated heterocycles. The van der Waals surface area contributed by atoms with Crippen molar-refractivity contribution in [1.29, 1.82) is 0 Å². The number of methoxy groups -OCH3 is 1. The van der Waals surface area contributed by atoms with Crippen LogP contribution in [0, 0.1) is 0 Å². The zero-order chi connectivity index (χ0) is 12.7. The summed E-state index contributed by atoms with van der Waals surface area (Å²) >= 11 is 5.16. The number of carbonyl (C=O) groups excluding carboxylic acids is 1. The molecule has 0 aliphatic heterocycles. The van der Waals surface area contributed by atoms with Crippen molar-refractivity contribution in [3.8, 4) is 5.75 Å². The first-order chi connectivity index (χ1) is 8.17. The Balaban J connectivity index is 2.57. The molecule has 94 valence electrons. The van der Waals surface area contributed by atoms with E-state index in [0.717, 1.165) is 28.0 Å². The van der Waals surface area contributed by atoms with Crippen LogP contribution in [-0.4, -0.2) is 24.4 Å². The predicted octanol–water partition coefficient (Wildman–Crippen LogP) is 3.71. The number of carbonyl (C=O) groups is 1. The van der Waals surface area contributed by atoms with Gasteiger partial charge in [-0.15, -0.1) is 0 Å². The topological polar surface area (TPSA) is 26.3 Å². The fourth-order valence-corrected chi connectivity index (χ4v) is 2.56. The number of benzene rings is 1. The molecule has 0 radical (unpaired) electrons. The highest BCUT2D eigenvalue weighted by molar-refractivity contribution is 9.10. The Morgan fingerprint density at radius 2 is 2.24 bits per heavy atom. The van der Waals surface area contributed by atoms with Gasteiger partial charge in [-0.2, -0.15) is 11.8 Å². The summed E-state index contributed by atoms with van der Waals surface area (Å²) in [5, 5.41) is 0. The quantitative estimate of drug-likeness (QED) is 0.717. The first kappa shape index (κ1) is 14.6. The number of Topliss-reactive ketones (excluding diaryl/α,β-unsaturated/α-hetero) is 1. The standard InChI is InChI=1S/C13H17BrO2S/c1-3-6-17-9-11(15)7-10-8-12(16-2)4-5-13(10)14/h4-5,8H,3,6-7,9H2,1-2H3. The van der Waals surface area contributed by atoms with E-state index in [-0.39, 0.29) is 5.78 Å². The van der Waals surface area contributed by atoms with Crippen LogP contribution in [0.3, 0.4) is 0 Å². The lowest BCUT2D eigenvalue weighted by Gasteiger charge is -2.06. The van der Waals surface area contributed by atoms with Gasteiger partial charge in [-0.05, 0) is 35.9 Å². The maximum Gasteiger partial charge on any atom is 0.147 e. The van der Waals surface area contributed by atoms with Crippen LogP contribution in [0.2, 0.25) is 0 Å². The monoisotopic (exact) mass is 316 g/mol. The second kappa shape index (κ2) is 7.77. The second-order valence-electron chi connectivity index (χ2n) is 3.73. The number of ether oxygens (including phenoxy) is 1. The average Bonchev–Trinajstić information content (AvgIpc) is 2.32. The normalized spacial score (nSPS) is 10.3. The van der Waals surface area contributed by atoms with Gasteiger partial charge in [0.25, 0.3) is 0 Å². The number of ketones is 1. The van der Waals surface area contributed by atoms with Crippen molar-refractivity contribution in [2.75, 3.05) is 18.6 Å². The van der Waals surface area contributed by atoms with Gasteiger partial charge in [0.15, 0.2) is 0 Å². The summed E-state index contributed by atoms with van der Waals surface area (Å²) in [6.07, 6.45) is 1.58. The molecule has 0 aliphatic carbocycles. The van der Waals surface area contributed by atoms with Gasteiger partial charge in [0.2, 0.25) is 0 Å². The third kappa shape index (κ3) is 5.13. The first-order valence-corrected chi connectivity index (χ1v) is 7.54. The van der Waals surface area contributed by atoms with E-state index in [1.54, 1.807) is 18.9 Å². The van der Waals surface area contributed by atoms with E-state index < -0.39 is 0 Å². The summed E-state index contributed by atoms with van der Waals surface area (Å²) in [4.78, 5) is 11.8. The lowest BCUT2D eigenvalue weighted by atomic mass is 10.1. The summed E-state index contributed by atoms with van der Waals surface area (Å²) in [5.74, 6) is 2.69. The van der Waals surface area contributed by atoms with Crippen molar-refractivity contribution in [2.24, 2.45) is 0 Å². The Hall–Kier alpha value is -0.480. The minimum absolute atomic E-state index is 0.261. The Morgan fingerprint density at radius 3 is 2.88 bits per heavy atom. The molecule has 0 spiro atoms. The van der Waals surface area contributed by atoms with E-state index >= 15 is 0 Å². The van der Waals surface area contributed by atoms with E-state index in [9.17, 15) is 4.79 Å². The SMILES string of the molecule is CCCSCC(=O)Cc1cc(OC)ccc1Br. The van der Waals surface area contributed by atoms with Crippen LogP contribution >= 0.6 is 27.7 Å². The summed E-state index contributed by atoms with van der Waals surface area (Å²) in [7, 11) is 1.63. The van der Waals surface area contributed by atoms with E-state index in [0.29, 0.717) is 12.2 Å². The molecule has 4 heteroatoms. The molecule has 0 atom stereocenters. The smallest absolute Gasteiger partial charge is 0.147 e. The maximum atomic E-state index is 11.8. The highest BCUT2D eigenvalue weighted by atomic mass is 79.9. The van der Waals surface area contributed by atoms with Gasteiger partial charge in [-0.1, -0.05) is 22.9 Å². The minimum atomic E-state index is 0.261. The number of halogens is 1. The highest BCUT2D eigenvalue weighted by Crippen LogP contribution is 2.23. The molecule has 0 N–H and O–H groups in total. The molecule has 1 aromatic carbocycles. The zero-order valence-corrected chi connectivity index (χ0v) is 12.6. The lowest BCUT2D eigenvalue weighted by molar-refractivity contribution is -0.116. The Kier molecular flexibility index (Phi) is 6.66. The number of hydrogen-bond acceptors (Lipinski definition) is 3. The van der Waals surface area contributed by atoms with Crippen LogP contribution in [0.15, 0.2) is 22.7 Å². The number of hydrogen-bond donors (Lipinski definition) is 0. The van der Waals surface area contributed by atoms with Crippen molar-refractivity contribution in [3.05, 3.63) is 28.2 Å². The van der Waals surface area contributed by atoms with Crippen molar-refractivity contribution in [2.45, 2.75) is 19.8 Å². The van der Waals surface area contributed by atoms with Gasteiger partial charge >= 0.3 is 0 Å². The van der Waals surface area contributed by atoms with Crippen molar-refractivity contribution in [3.63, 3.8) is 0 Å². The molecule has 0 saturated carbocycles. The Bertz CT molecular complexity index is 380. The molecular weight excluding hydrogens is 300 g/mol. The van der Waals surface area contributed by atoms with E-state index in [1.165, 1.54) is 0 Å². The maximum absolute atomic E-state index is 11.8. The molecular formula is C13H17BrO2S. The first-order valence-electron chi connectivity index (χ1n) is 5.59. The summed E-state index contributed by atoms with van der Waals surface area (Å²) in [6, 6.07) is 5.71. The fourth-order valence-electron chi connectivity index (χ4n) is 1.41. The van der Waals surface area contributed by atoms with Crippen molar-refractivity contribution >= 4 is 33.5 Å². The van der Waals surface area contributed by atoms with Gasteiger partial charge in [0.1, 0.15) is 11.5 Å². The molecule has 2 nitrogen and oxygen atoms in total. The van der Waals surface area contributed by atoms with Gasteiger partial charge in [-0.3, -0.25) is 4.79 Å². The molecule has 17 heavy (non-hydrogen) atoms. The predicted molar refractivity (Wildman–Crippen MR) is 77.0 cm³/mol. The van der Waals surface area contributed by atoms with E-state index in [1.807, 2.05) is 18.2 Å². The molecule has 0 aromatic heterocycles. The van der Waals surface area contributed by atoms with E-state index in [4.69, 9.17) is 4.74 Å². The molecule has 0 unspecified atom stereocenters. The van der Waals surface area contributed by atoms with Crippen molar-refractivity contribution < 1.29 is 9.53 Å². The van der Waals surface area contributed by atoms with Gasteiger partial charge in [-0.25, -0.2) is 0 Å². The zero-order valence-electron chi connectivity index (χ0n) is 10.2. The molecule has 0 amide bonds. The molecule has 1 rings (SSSR count). The highest BCUT2D eigenvalue weighted by Gasteiger charge is 2.08. The summed E-state index contributed by atoms with van der Waals surface area (Å²) in [6.45, 7) is 2.12. The Labute approximate surface area is 115 Å². The second-order valence-corrected chi connectivity index (χ2v) is 5.68. The number of rotatable bonds is 7. The average molecular weight is 317 g/mol. The third-order valence-electron chi connectivity index (χ3n) is 2.25. The third-order valence-corrected chi connectivity index (χ3v) is 4.25. The van der Waals surface area contributed by atoms with Crippen LogP contribution in [0.5, 0.6) is 5.75 Å².